The van der Waals surface area contributed by atoms with Gasteiger partial charge in [-0.05, 0) is 26.7 Å². The average molecular weight is 227 g/mol. The first kappa shape index (κ1) is 12.9. The second-order valence-corrected chi connectivity index (χ2v) is 4.04. The van der Waals surface area contributed by atoms with Crippen LogP contribution in [0.2, 0.25) is 0 Å². The predicted molar refractivity (Wildman–Crippen MR) is 57.8 cm³/mol. The van der Waals surface area contributed by atoms with E-state index in [9.17, 15) is 9.59 Å². The van der Waals surface area contributed by atoms with Crippen LogP contribution in [0.3, 0.4) is 0 Å². The topological polar surface area (TPSA) is 66.8 Å². The van der Waals surface area contributed by atoms with Gasteiger partial charge in [0, 0.05) is 6.54 Å². The smallest absolute Gasteiger partial charge is 0.333 e. The number of aliphatic carboxylic acids is 1. The Balaban J connectivity index is 2.53. The van der Waals surface area contributed by atoms with Gasteiger partial charge in [0.05, 0.1) is 11.6 Å². The number of carbonyl (C=O) groups is 2. The number of hydrogen-bond donors (Lipinski definition) is 1. The van der Waals surface area contributed by atoms with Gasteiger partial charge in [0.1, 0.15) is 12.9 Å². The fourth-order valence-electron chi connectivity index (χ4n) is 1.63. The zero-order chi connectivity index (χ0) is 12.1. The third kappa shape index (κ3) is 3.15. The van der Waals surface area contributed by atoms with Crippen molar-refractivity contribution in [2.75, 3.05) is 13.2 Å². The summed E-state index contributed by atoms with van der Waals surface area (Å²) in [4.78, 5) is 26.9. The van der Waals surface area contributed by atoms with Gasteiger partial charge < -0.3 is 9.90 Å². The summed E-state index contributed by atoms with van der Waals surface area (Å²) in [6, 6.07) is -0.229. The molecule has 1 heterocycles. The summed E-state index contributed by atoms with van der Waals surface area (Å²) in [6.07, 6.45) is 2.53. The van der Waals surface area contributed by atoms with Crippen LogP contribution >= 0.6 is 0 Å². The van der Waals surface area contributed by atoms with Crippen molar-refractivity contribution in [3.05, 3.63) is 11.1 Å². The summed E-state index contributed by atoms with van der Waals surface area (Å²) in [5.74, 6) is -0.971. The molecule has 0 bridgehead atoms. The van der Waals surface area contributed by atoms with E-state index in [1.807, 2.05) is 0 Å². The van der Waals surface area contributed by atoms with Crippen molar-refractivity contribution in [2.45, 2.75) is 32.7 Å². The van der Waals surface area contributed by atoms with Crippen LogP contribution in [0.25, 0.3) is 0 Å². The lowest BCUT2D eigenvalue weighted by molar-refractivity contribution is -0.166. The number of hydroxylamine groups is 2. The van der Waals surface area contributed by atoms with Gasteiger partial charge >= 0.3 is 5.97 Å². The molecule has 1 rings (SSSR count). The Bertz CT molecular complexity index is 307. The molecule has 5 heteroatoms. The molecule has 1 aliphatic rings. The van der Waals surface area contributed by atoms with Crippen LogP contribution in [-0.2, 0) is 14.4 Å². The summed E-state index contributed by atoms with van der Waals surface area (Å²) < 4.78 is 0. The SMILES string of the molecule is CC(C)=C(CON1CCC[C@H]1C=O)C(=O)O. The summed E-state index contributed by atoms with van der Waals surface area (Å²) in [5, 5.41) is 10.5. The first-order chi connectivity index (χ1) is 7.56. The first-order valence-corrected chi connectivity index (χ1v) is 5.30. The van der Waals surface area contributed by atoms with Crippen LogP contribution in [0.1, 0.15) is 26.7 Å². The van der Waals surface area contributed by atoms with E-state index >= 15 is 0 Å². The maximum absolute atomic E-state index is 10.9. The fourth-order valence-corrected chi connectivity index (χ4v) is 1.63. The Morgan fingerprint density at radius 2 is 2.25 bits per heavy atom. The van der Waals surface area contributed by atoms with E-state index in [1.165, 1.54) is 0 Å². The van der Waals surface area contributed by atoms with E-state index < -0.39 is 5.97 Å². The number of carboxylic acids is 1. The molecule has 0 spiro atoms. The number of carbonyl (C=O) groups excluding carboxylic acids is 1. The second-order valence-electron chi connectivity index (χ2n) is 4.04. The van der Waals surface area contributed by atoms with Crippen molar-refractivity contribution in [3.63, 3.8) is 0 Å². The lowest BCUT2D eigenvalue weighted by Gasteiger charge is -2.19. The molecule has 0 amide bonds. The van der Waals surface area contributed by atoms with Gasteiger partial charge in [-0.3, -0.25) is 4.84 Å². The number of rotatable bonds is 5. The largest absolute Gasteiger partial charge is 0.478 e. The molecular formula is C11H17NO4. The highest BCUT2D eigenvalue weighted by Gasteiger charge is 2.25. The van der Waals surface area contributed by atoms with Gasteiger partial charge in [-0.15, -0.1) is 0 Å². The third-order valence-electron chi connectivity index (χ3n) is 2.64. The molecule has 1 saturated heterocycles. The van der Waals surface area contributed by atoms with Gasteiger partial charge in [0.2, 0.25) is 0 Å². The Hall–Kier alpha value is -1.20. The van der Waals surface area contributed by atoms with Crippen molar-refractivity contribution in [3.8, 4) is 0 Å². The quantitative estimate of drug-likeness (QED) is 0.560. The van der Waals surface area contributed by atoms with E-state index in [0.29, 0.717) is 12.1 Å². The maximum Gasteiger partial charge on any atom is 0.333 e. The number of allylic oxidation sites excluding steroid dienone is 1. The lowest BCUT2D eigenvalue weighted by atomic mass is 10.2. The zero-order valence-corrected chi connectivity index (χ0v) is 9.60. The van der Waals surface area contributed by atoms with Gasteiger partial charge in [-0.2, -0.15) is 5.06 Å². The molecule has 90 valence electrons. The van der Waals surface area contributed by atoms with E-state index in [0.717, 1.165) is 19.1 Å². The Morgan fingerprint density at radius 3 is 2.75 bits per heavy atom. The van der Waals surface area contributed by atoms with Gasteiger partial charge in [-0.1, -0.05) is 5.57 Å². The summed E-state index contributed by atoms with van der Waals surface area (Å²) in [7, 11) is 0. The summed E-state index contributed by atoms with van der Waals surface area (Å²) in [6.45, 7) is 4.16. The van der Waals surface area contributed by atoms with E-state index in [1.54, 1.807) is 18.9 Å². The normalized spacial score (nSPS) is 20.8. The predicted octanol–water partition coefficient (Wildman–Crippen LogP) is 1.00. The molecule has 1 aliphatic heterocycles. The van der Waals surface area contributed by atoms with Crippen molar-refractivity contribution < 1.29 is 19.5 Å². The highest BCUT2D eigenvalue weighted by molar-refractivity contribution is 5.87. The van der Waals surface area contributed by atoms with Crippen LogP contribution in [0, 0.1) is 0 Å². The van der Waals surface area contributed by atoms with Crippen molar-refractivity contribution >= 4 is 12.3 Å². The molecule has 1 N–H and O–H groups in total. The Kier molecular flexibility index (Phi) is 4.64. The Morgan fingerprint density at radius 1 is 1.56 bits per heavy atom. The van der Waals surface area contributed by atoms with Crippen LogP contribution in [0.15, 0.2) is 11.1 Å². The highest BCUT2D eigenvalue weighted by atomic mass is 16.7. The number of carboxylic acid groups (broad SMARTS) is 1. The van der Waals surface area contributed by atoms with Gasteiger partial charge in [0.15, 0.2) is 0 Å². The molecule has 0 aliphatic carbocycles. The first-order valence-electron chi connectivity index (χ1n) is 5.30. The average Bonchev–Trinajstić information content (AvgIpc) is 2.64. The van der Waals surface area contributed by atoms with Crippen molar-refractivity contribution in [1.29, 1.82) is 0 Å². The zero-order valence-electron chi connectivity index (χ0n) is 9.60. The molecule has 0 aromatic rings. The molecule has 1 atom stereocenters. The molecule has 0 aromatic heterocycles. The van der Waals surface area contributed by atoms with E-state index in [4.69, 9.17) is 9.94 Å². The summed E-state index contributed by atoms with van der Waals surface area (Å²) in [5.41, 5.74) is 0.964. The third-order valence-corrected chi connectivity index (χ3v) is 2.64. The Labute approximate surface area is 94.6 Å². The summed E-state index contributed by atoms with van der Waals surface area (Å²) >= 11 is 0. The van der Waals surface area contributed by atoms with Crippen LogP contribution in [0.4, 0.5) is 0 Å². The highest BCUT2D eigenvalue weighted by Crippen LogP contribution is 2.16. The molecule has 0 aromatic carbocycles. The monoisotopic (exact) mass is 227 g/mol. The lowest BCUT2D eigenvalue weighted by Crippen LogP contribution is -2.32. The van der Waals surface area contributed by atoms with E-state index in [2.05, 4.69) is 0 Å². The standard InChI is InChI=1S/C11H17NO4/c1-8(2)10(11(14)15)7-16-12-5-3-4-9(12)6-13/h6,9H,3-5,7H2,1-2H3,(H,14,15)/t9-/m0/s1. The van der Waals surface area contributed by atoms with Crippen molar-refractivity contribution in [1.82, 2.24) is 5.06 Å². The van der Waals surface area contributed by atoms with Crippen LogP contribution in [-0.4, -0.2) is 41.6 Å². The molecule has 1 fully saturated rings. The van der Waals surface area contributed by atoms with E-state index in [-0.39, 0.29) is 18.2 Å². The minimum atomic E-state index is -0.971. The van der Waals surface area contributed by atoms with Crippen molar-refractivity contribution in [2.24, 2.45) is 0 Å². The number of hydrogen-bond acceptors (Lipinski definition) is 4. The molecule has 5 nitrogen and oxygen atoms in total. The number of nitrogens with zero attached hydrogens (tertiary/aromatic N) is 1. The molecule has 0 saturated carbocycles. The van der Waals surface area contributed by atoms with Crippen LogP contribution < -0.4 is 0 Å². The molecule has 0 radical (unpaired) electrons. The maximum atomic E-state index is 10.9. The molecular weight excluding hydrogens is 210 g/mol. The van der Waals surface area contributed by atoms with Gasteiger partial charge in [0.25, 0.3) is 0 Å². The van der Waals surface area contributed by atoms with Gasteiger partial charge in [-0.25, -0.2) is 4.79 Å². The molecule has 16 heavy (non-hydrogen) atoms. The minimum absolute atomic E-state index is 0.0159. The minimum Gasteiger partial charge on any atom is -0.478 e. The second kappa shape index (κ2) is 5.77. The van der Waals surface area contributed by atoms with Crippen LogP contribution in [0.5, 0.6) is 0 Å². The number of aldehydes is 1. The fraction of sp³-hybridized carbons (Fsp3) is 0.636. The molecule has 0 unspecified atom stereocenters.